The molecule has 3 aromatic rings. The van der Waals surface area contributed by atoms with E-state index in [4.69, 9.17) is 9.47 Å². The Bertz CT molecular complexity index is 1260. The Kier molecular flexibility index (Phi) is 8.57. The first kappa shape index (κ1) is 27.0. The van der Waals surface area contributed by atoms with Gasteiger partial charge >= 0.3 is 12.3 Å². The van der Waals surface area contributed by atoms with Crippen molar-refractivity contribution in [1.82, 2.24) is 4.57 Å². The van der Waals surface area contributed by atoms with Crippen LogP contribution in [-0.2, 0) is 27.1 Å². The summed E-state index contributed by atoms with van der Waals surface area (Å²) in [6, 6.07) is 11.4. The van der Waals surface area contributed by atoms with E-state index in [1.54, 1.807) is 13.8 Å². The molecule has 1 unspecified atom stereocenters. The van der Waals surface area contributed by atoms with Crippen LogP contribution in [0.1, 0.15) is 41.0 Å². The Morgan fingerprint density at radius 2 is 1.86 bits per heavy atom. The van der Waals surface area contributed by atoms with Gasteiger partial charge in [0.2, 0.25) is 5.91 Å². The first-order valence-corrected chi connectivity index (χ1v) is 11.4. The molecule has 0 bridgehead atoms. The SMILES string of the molecule is C=CCOC(=O)C(Cc1cccc(Cc2c(C)n(C(C)=O)c3ccc(OC(F)(F)F)cc23)c1)OCC. The average Bonchev–Trinajstić information content (AvgIpc) is 3.07. The van der Waals surface area contributed by atoms with Crippen LogP contribution in [0.15, 0.2) is 55.1 Å². The fourth-order valence-electron chi connectivity index (χ4n) is 4.22. The number of aromatic nitrogens is 1. The van der Waals surface area contributed by atoms with Crippen molar-refractivity contribution in [2.75, 3.05) is 13.2 Å². The maximum atomic E-state index is 12.8. The number of carbonyl (C=O) groups excluding carboxylic acids is 2. The van der Waals surface area contributed by atoms with Crippen molar-refractivity contribution in [2.24, 2.45) is 0 Å². The minimum Gasteiger partial charge on any atom is -0.460 e. The van der Waals surface area contributed by atoms with Crippen LogP contribution in [0, 0.1) is 6.92 Å². The zero-order valence-electron chi connectivity index (χ0n) is 20.4. The van der Waals surface area contributed by atoms with Crippen LogP contribution in [0.4, 0.5) is 13.2 Å². The van der Waals surface area contributed by atoms with Gasteiger partial charge in [0, 0.05) is 31.0 Å². The molecule has 0 spiro atoms. The van der Waals surface area contributed by atoms with E-state index in [-0.39, 0.29) is 24.7 Å². The molecule has 9 heteroatoms. The fourth-order valence-corrected chi connectivity index (χ4v) is 4.22. The summed E-state index contributed by atoms with van der Waals surface area (Å²) in [5, 5.41) is 0.495. The molecule has 0 amide bonds. The summed E-state index contributed by atoms with van der Waals surface area (Å²) in [7, 11) is 0. The number of halogens is 3. The van der Waals surface area contributed by atoms with Crippen molar-refractivity contribution in [3.05, 3.63) is 77.5 Å². The van der Waals surface area contributed by atoms with E-state index in [0.29, 0.717) is 35.2 Å². The van der Waals surface area contributed by atoms with Gasteiger partial charge in [-0.25, -0.2) is 4.79 Å². The van der Waals surface area contributed by atoms with E-state index in [1.165, 1.54) is 35.8 Å². The second kappa shape index (κ2) is 11.4. The minimum atomic E-state index is -4.83. The highest BCUT2D eigenvalue weighted by Crippen LogP contribution is 2.33. The maximum absolute atomic E-state index is 12.8. The number of ether oxygens (including phenoxy) is 3. The van der Waals surface area contributed by atoms with E-state index in [2.05, 4.69) is 11.3 Å². The van der Waals surface area contributed by atoms with Crippen LogP contribution in [0.25, 0.3) is 10.9 Å². The molecule has 0 aliphatic carbocycles. The third-order valence-electron chi connectivity index (χ3n) is 5.62. The van der Waals surface area contributed by atoms with E-state index < -0.39 is 18.4 Å². The van der Waals surface area contributed by atoms with Gasteiger partial charge in [-0.15, -0.1) is 13.2 Å². The second-order valence-electron chi connectivity index (χ2n) is 8.21. The number of hydrogen-bond donors (Lipinski definition) is 0. The van der Waals surface area contributed by atoms with E-state index in [1.807, 2.05) is 24.3 Å². The number of rotatable bonds is 10. The average molecular weight is 504 g/mol. The summed E-state index contributed by atoms with van der Waals surface area (Å²) < 4.78 is 54.7. The fraction of sp³-hybridized carbons (Fsp3) is 0.333. The van der Waals surface area contributed by atoms with Gasteiger partial charge in [-0.3, -0.25) is 9.36 Å². The molecular formula is C27H28F3NO5. The van der Waals surface area contributed by atoms with Crippen LogP contribution in [-0.4, -0.2) is 42.1 Å². The second-order valence-corrected chi connectivity index (χ2v) is 8.21. The first-order chi connectivity index (χ1) is 17.0. The highest BCUT2D eigenvalue weighted by Gasteiger charge is 2.31. The lowest BCUT2D eigenvalue weighted by Crippen LogP contribution is -2.29. The minimum absolute atomic E-state index is 0.0853. The molecule has 0 saturated heterocycles. The Balaban J connectivity index is 1.95. The smallest absolute Gasteiger partial charge is 0.460 e. The monoisotopic (exact) mass is 503 g/mol. The van der Waals surface area contributed by atoms with Crippen molar-refractivity contribution in [3.8, 4) is 5.75 Å². The van der Waals surface area contributed by atoms with Gasteiger partial charge in [0.15, 0.2) is 6.10 Å². The van der Waals surface area contributed by atoms with E-state index in [9.17, 15) is 22.8 Å². The summed E-state index contributed by atoms with van der Waals surface area (Å²) >= 11 is 0. The molecule has 1 heterocycles. The summed E-state index contributed by atoms with van der Waals surface area (Å²) in [5.41, 5.74) is 3.52. The summed E-state index contributed by atoms with van der Waals surface area (Å²) in [4.78, 5) is 24.7. The Hall–Kier alpha value is -3.59. The Morgan fingerprint density at radius 3 is 2.50 bits per heavy atom. The molecule has 36 heavy (non-hydrogen) atoms. The molecule has 0 aliphatic rings. The van der Waals surface area contributed by atoms with Gasteiger partial charge in [0.25, 0.3) is 0 Å². The van der Waals surface area contributed by atoms with Crippen LogP contribution >= 0.6 is 0 Å². The molecule has 192 valence electrons. The van der Waals surface area contributed by atoms with Crippen LogP contribution in [0.5, 0.6) is 5.75 Å². The third kappa shape index (κ3) is 6.54. The van der Waals surface area contributed by atoms with Crippen molar-refractivity contribution < 1.29 is 37.0 Å². The molecule has 1 aromatic heterocycles. The van der Waals surface area contributed by atoms with Gasteiger partial charge in [-0.2, -0.15) is 0 Å². The summed E-state index contributed by atoms with van der Waals surface area (Å²) in [5.74, 6) is -1.09. The van der Waals surface area contributed by atoms with Crippen molar-refractivity contribution in [3.63, 3.8) is 0 Å². The zero-order chi connectivity index (χ0) is 26.5. The van der Waals surface area contributed by atoms with Crippen LogP contribution in [0.2, 0.25) is 0 Å². The largest absolute Gasteiger partial charge is 0.573 e. The number of fused-ring (bicyclic) bond motifs is 1. The molecule has 0 saturated carbocycles. The first-order valence-electron chi connectivity index (χ1n) is 11.4. The lowest BCUT2D eigenvalue weighted by molar-refractivity contribution is -0.274. The summed E-state index contributed by atoms with van der Waals surface area (Å²) in [6.07, 6.45) is -3.49. The standard InChI is InChI=1S/C27H28F3NO5/c1-5-12-35-26(33)25(34-6-2)15-20-9-7-8-19(13-20)14-22-17(3)31(18(4)32)24-11-10-21(16-23(22)24)36-27(28,29)30/h5,7-11,13,16,25H,1,6,12,14-15H2,2-4H3. The number of nitrogens with zero attached hydrogens (tertiary/aromatic N) is 1. The van der Waals surface area contributed by atoms with Crippen molar-refractivity contribution in [1.29, 1.82) is 0 Å². The number of benzene rings is 2. The Labute approximate surface area is 207 Å². The number of hydrogen-bond acceptors (Lipinski definition) is 5. The molecule has 0 N–H and O–H groups in total. The molecule has 0 fully saturated rings. The molecular weight excluding hydrogens is 475 g/mol. The number of esters is 1. The highest BCUT2D eigenvalue weighted by atomic mass is 19.4. The summed E-state index contributed by atoms with van der Waals surface area (Å²) in [6.45, 7) is 8.89. The van der Waals surface area contributed by atoms with Gasteiger partial charge in [-0.05, 0) is 55.2 Å². The van der Waals surface area contributed by atoms with Gasteiger partial charge < -0.3 is 14.2 Å². The number of carbonyl (C=O) groups is 2. The lowest BCUT2D eigenvalue weighted by Gasteiger charge is -2.16. The molecule has 2 aromatic carbocycles. The van der Waals surface area contributed by atoms with Gasteiger partial charge in [0.1, 0.15) is 12.4 Å². The Morgan fingerprint density at radius 1 is 1.14 bits per heavy atom. The van der Waals surface area contributed by atoms with Crippen LogP contribution < -0.4 is 4.74 Å². The zero-order valence-corrected chi connectivity index (χ0v) is 20.4. The predicted octanol–water partition coefficient (Wildman–Crippen LogP) is 5.78. The highest BCUT2D eigenvalue weighted by molar-refractivity contribution is 5.96. The van der Waals surface area contributed by atoms with E-state index >= 15 is 0 Å². The van der Waals surface area contributed by atoms with E-state index in [0.717, 1.165) is 11.1 Å². The van der Waals surface area contributed by atoms with Gasteiger partial charge in [0.05, 0.1) is 5.52 Å². The normalized spacial score (nSPS) is 12.4. The maximum Gasteiger partial charge on any atom is 0.573 e. The molecule has 1 atom stereocenters. The van der Waals surface area contributed by atoms with Crippen molar-refractivity contribution >= 4 is 22.8 Å². The van der Waals surface area contributed by atoms with Crippen LogP contribution in [0.3, 0.4) is 0 Å². The number of alkyl halides is 3. The lowest BCUT2D eigenvalue weighted by atomic mass is 9.98. The third-order valence-corrected chi connectivity index (χ3v) is 5.62. The molecule has 3 rings (SSSR count). The predicted molar refractivity (Wildman–Crippen MR) is 129 cm³/mol. The topological polar surface area (TPSA) is 66.8 Å². The van der Waals surface area contributed by atoms with Gasteiger partial charge in [-0.1, -0.05) is 36.9 Å². The quantitative estimate of drug-likeness (QED) is 0.259. The molecule has 6 nitrogen and oxygen atoms in total. The molecule has 0 radical (unpaired) electrons. The molecule has 0 aliphatic heterocycles. The van der Waals surface area contributed by atoms with Crippen molar-refractivity contribution in [2.45, 2.75) is 46.1 Å².